The van der Waals surface area contributed by atoms with Gasteiger partial charge in [0, 0.05) is 19.2 Å². The van der Waals surface area contributed by atoms with Crippen LogP contribution in [0.5, 0.6) is 0 Å². The molecular weight excluding hydrogens is 224 g/mol. The van der Waals surface area contributed by atoms with E-state index in [-0.39, 0.29) is 0 Å². The molecule has 0 saturated heterocycles. The Morgan fingerprint density at radius 1 is 1.33 bits per heavy atom. The molecule has 1 unspecified atom stereocenters. The Bertz CT molecular complexity index is 531. The highest BCUT2D eigenvalue weighted by molar-refractivity contribution is 5.25. The van der Waals surface area contributed by atoms with Crippen molar-refractivity contribution in [1.29, 1.82) is 0 Å². The molecule has 96 valence electrons. The highest BCUT2D eigenvalue weighted by Gasteiger charge is 2.12. The topological polar surface area (TPSA) is 38.0 Å². The number of aromatic nitrogens is 2. The summed E-state index contributed by atoms with van der Waals surface area (Å²) in [6.07, 6.45) is 1.06. The summed E-state index contributed by atoms with van der Waals surface area (Å²) in [6, 6.07) is 10.1. The van der Waals surface area contributed by atoms with Crippen LogP contribution in [-0.2, 0) is 19.9 Å². The fourth-order valence-corrected chi connectivity index (χ4v) is 2.13. The molecule has 1 atom stereocenters. The minimum absolute atomic E-state index is 0.468. The molecule has 0 spiro atoms. The zero-order valence-corrected chi connectivity index (χ0v) is 11.2. The van der Waals surface area contributed by atoms with E-state index in [2.05, 4.69) is 18.1 Å². The zero-order chi connectivity index (χ0) is 13.1. The van der Waals surface area contributed by atoms with Crippen molar-refractivity contribution in [3.8, 4) is 0 Å². The van der Waals surface area contributed by atoms with Crippen LogP contribution in [0.3, 0.4) is 0 Å². The predicted molar refractivity (Wildman–Crippen MR) is 72.4 cm³/mol. The summed E-state index contributed by atoms with van der Waals surface area (Å²) in [6.45, 7) is 4.12. The molecule has 1 heterocycles. The lowest BCUT2D eigenvalue weighted by Gasteiger charge is -2.11. The monoisotopic (exact) mass is 244 g/mol. The number of rotatable bonds is 4. The maximum atomic E-state index is 10.3. The van der Waals surface area contributed by atoms with E-state index in [9.17, 15) is 5.11 Å². The van der Waals surface area contributed by atoms with Gasteiger partial charge in [-0.15, -0.1) is 0 Å². The molecule has 2 aromatic rings. The number of aryl methyl sites for hydroxylation is 3. The molecule has 1 aromatic heterocycles. The quantitative estimate of drug-likeness (QED) is 0.897. The van der Waals surface area contributed by atoms with Crippen molar-refractivity contribution in [3.63, 3.8) is 0 Å². The van der Waals surface area contributed by atoms with Gasteiger partial charge in [0.2, 0.25) is 0 Å². The van der Waals surface area contributed by atoms with Crippen molar-refractivity contribution in [2.75, 3.05) is 0 Å². The first-order valence-electron chi connectivity index (χ1n) is 6.36. The number of aliphatic hydroxyl groups is 1. The Morgan fingerprint density at radius 2 is 2.11 bits per heavy atom. The Labute approximate surface area is 108 Å². The van der Waals surface area contributed by atoms with Crippen LogP contribution >= 0.6 is 0 Å². The Kier molecular flexibility index (Phi) is 3.82. The second-order valence-electron chi connectivity index (χ2n) is 4.74. The smallest absolute Gasteiger partial charge is 0.0845 e. The van der Waals surface area contributed by atoms with Gasteiger partial charge in [-0.2, -0.15) is 5.10 Å². The number of hydrogen-bond acceptors (Lipinski definition) is 2. The van der Waals surface area contributed by atoms with Crippen LogP contribution in [0.25, 0.3) is 0 Å². The van der Waals surface area contributed by atoms with Crippen LogP contribution in [0.15, 0.2) is 30.3 Å². The number of nitrogens with zero attached hydrogens (tertiary/aromatic N) is 2. The predicted octanol–water partition coefficient (Wildman–Crippen LogP) is 2.57. The molecule has 0 aliphatic rings. The molecule has 0 radical (unpaired) electrons. The molecule has 0 saturated carbocycles. The summed E-state index contributed by atoms with van der Waals surface area (Å²) in [4.78, 5) is 0. The van der Waals surface area contributed by atoms with Crippen LogP contribution in [0, 0.1) is 6.92 Å². The molecule has 1 aromatic carbocycles. The van der Waals surface area contributed by atoms with Gasteiger partial charge in [0.1, 0.15) is 0 Å². The van der Waals surface area contributed by atoms with Gasteiger partial charge >= 0.3 is 0 Å². The third-order valence-corrected chi connectivity index (χ3v) is 3.22. The van der Waals surface area contributed by atoms with E-state index in [0.29, 0.717) is 6.42 Å². The van der Waals surface area contributed by atoms with Gasteiger partial charge in [0.05, 0.1) is 11.8 Å². The third kappa shape index (κ3) is 2.79. The summed E-state index contributed by atoms with van der Waals surface area (Å²) < 4.78 is 1.86. The minimum atomic E-state index is -0.468. The first-order chi connectivity index (χ1) is 8.60. The van der Waals surface area contributed by atoms with Gasteiger partial charge in [-0.25, -0.2) is 0 Å². The molecule has 0 amide bonds. The van der Waals surface area contributed by atoms with E-state index in [1.54, 1.807) is 0 Å². The molecule has 0 aliphatic carbocycles. The maximum Gasteiger partial charge on any atom is 0.0845 e. The summed E-state index contributed by atoms with van der Waals surface area (Å²) in [5, 5.41) is 14.7. The van der Waals surface area contributed by atoms with Gasteiger partial charge in [0.25, 0.3) is 0 Å². The number of hydrogen-bond donors (Lipinski definition) is 1. The SMILES string of the molecule is CCc1cc(CC(O)c2cccc(C)c2)n(C)n1. The lowest BCUT2D eigenvalue weighted by atomic mass is 10.0. The lowest BCUT2D eigenvalue weighted by molar-refractivity contribution is 0.175. The second-order valence-corrected chi connectivity index (χ2v) is 4.74. The van der Waals surface area contributed by atoms with Crippen LogP contribution in [-0.4, -0.2) is 14.9 Å². The van der Waals surface area contributed by atoms with E-state index in [0.717, 1.165) is 23.4 Å². The van der Waals surface area contributed by atoms with Crippen LogP contribution in [0.1, 0.15) is 35.5 Å². The largest absolute Gasteiger partial charge is 0.388 e. The Hall–Kier alpha value is -1.61. The lowest BCUT2D eigenvalue weighted by Crippen LogP contribution is -2.06. The van der Waals surface area contributed by atoms with Crippen molar-refractivity contribution in [2.45, 2.75) is 32.8 Å². The van der Waals surface area contributed by atoms with Gasteiger partial charge in [-0.3, -0.25) is 4.68 Å². The standard InChI is InChI=1S/C15H20N2O/c1-4-13-9-14(17(3)16-13)10-15(18)12-7-5-6-11(2)8-12/h5-9,15,18H,4,10H2,1-3H3. The normalized spacial score (nSPS) is 12.7. The summed E-state index contributed by atoms with van der Waals surface area (Å²) in [5.74, 6) is 0. The molecule has 18 heavy (non-hydrogen) atoms. The molecule has 3 nitrogen and oxygen atoms in total. The van der Waals surface area contributed by atoms with Gasteiger partial charge < -0.3 is 5.11 Å². The van der Waals surface area contributed by atoms with E-state index in [1.165, 1.54) is 5.56 Å². The number of aliphatic hydroxyl groups excluding tert-OH is 1. The van der Waals surface area contributed by atoms with Gasteiger partial charge in [-0.1, -0.05) is 36.8 Å². The van der Waals surface area contributed by atoms with Crippen LogP contribution in [0.4, 0.5) is 0 Å². The van der Waals surface area contributed by atoms with Crippen molar-refractivity contribution >= 4 is 0 Å². The van der Waals surface area contributed by atoms with Crippen LogP contribution in [0.2, 0.25) is 0 Å². The van der Waals surface area contributed by atoms with E-state index in [4.69, 9.17) is 0 Å². The van der Waals surface area contributed by atoms with Crippen molar-refractivity contribution in [2.24, 2.45) is 7.05 Å². The Balaban J connectivity index is 2.15. The molecule has 2 rings (SSSR count). The van der Waals surface area contributed by atoms with Gasteiger partial charge in [-0.05, 0) is 25.0 Å². The molecule has 0 aliphatic heterocycles. The molecule has 3 heteroatoms. The Morgan fingerprint density at radius 3 is 2.72 bits per heavy atom. The first-order valence-corrected chi connectivity index (χ1v) is 6.36. The third-order valence-electron chi connectivity index (χ3n) is 3.22. The maximum absolute atomic E-state index is 10.3. The van der Waals surface area contributed by atoms with E-state index >= 15 is 0 Å². The van der Waals surface area contributed by atoms with Crippen molar-refractivity contribution in [1.82, 2.24) is 9.78 Å². The highest BCUT2D eigenvalue weighted by Crippen LogP contribution is 2.19. The van der Waals surface area contributed by atoms with Gasteiger partial charge in [0.15, 0.2) is 0 Å². The summed E-state index contributed by atoms with van der Waals surface area (Å²) in [5.41, 5.74) is 4.28. The van der Waals surface area contributed by atoms with E-state index in [1.807, 2.05) is 42.9 Å². The minimum Gasteiger partial charge on any atom is -0.388 e. The number of benzene rings is 1. The summed E-state index contributed by atoms with van der Waals surface area (Å²) in [7, 11) is 1.93. The average Bonchev–Trinajstić information content (AvgIpc) is 2.70. The second kappa shape index (κ2) is 5.36. The fraction of sp³-hybridized carbons (Fsp3) is 0.400. The fourth-order valence-electron chi connectivity index (χ4n) is 2.13. The summed E-state index contributed by atoms with van der Waals surface area (Å²) >= 11 is 0. The average molecular weight is 244 g/mol. The molecule has 0 fully saturated rings. The van der Waals surface area contributed by atoms with E-state index < -0.39 is 6.10 Å². The highest BCUT2D eigenvalue weighted by atomic mass is 16.3. The van der Waals surface area contributed by atoms with Crippen molar-refractivity contribution in [3.05, 3.63) is 52.8 Å². The van der Waals surface area contributed by atoms with Crippen molar-refractivity contribution < 1.29 is 5.11 Å². The molecule has 0 bridgehead atoms. The molecular formula is C15H20N2O. The molecule has 1 N–H and O–H groups in total. The first kappa shape index (κ1) is 12.8. The van der Waals surface area contributed by atoms with Crippen LogP contribution < -0.4 is 0 Å². The zero-order valence-electron chi connectivity index (χ0n) is 11.2.